The Morgan fingerprint density at radius 3 is 2.67 bits per heavy atom. The van der Waals surface area contributed by atoms with E-state index in [0.717, 1.165) is 34.1 Å². The van der Waals surface area contributed by atoms with Gasteiger partial charge in [0.25, 0.3) is 0 Å². The number of benzene rings is 2. The zero-order valence-corrected chi connectivity index (χ0v) is 11.1. The summed E-state index contributed by atoms with van der Waals surface area (Å²) in [5.41, 5.74) is 7.72. The fourth-order valence-electron chi connectivity index (χ4n) is 1.77. The predicted molar refractivity (Wildman–Crippen MR) is 75.5 cm³/mol. The fraction of sp³-hybridized carbons (Fsp3) is 0.200. The Morgan fingerprint density at radius 2 is 1.94 bits per heavy atom. The SMILES string of the molecule is Cc1cc(Oc2ccccc2CCN)ccc1Cl. The largest absolute Gasteiger partial charge is 0.457 e. The zero-order chi connectivity index (χ0) is 13.0. The lowest BCUT2D eigenvalue weighted by atomic mass is 10.1. The van der Waals surface area contributed by atoms with Crippen LogP contribution in [-0.4, -0.2) is 6.54 Å². The molecule has 0 bridgehead atoms. The van der Waals surface area contributed by atoms with Crippen molar-refractivity contribution in [1.82, 2.24) is 0 Å². The first-order chi connectivity index (χ1) is 8.70. The maximum Gasteiger partial charge on any atom is 0.130 e. The highest BCUT2D eigenvalue weighted by Crippen LogP contribution is 2.28. The van der Waals surface area contributed by atoms with Gasteiger partial charge in [0.15, 0.2) is 0 Å². The average molecular weight is 262 g/mol. The first-order valence-electron chi connectivity index (χ1n) is 5.92. The van der Waals surface area contributed by atoms with E-state index in [1.54, 1.807) is 0 Å². The summed E-state index contributed by atoms with van der Waals surface area (Å²) in [4.78, 5) is 0. The molecule has 0 saturated carbocycles. The van der Waals surface area contributed by atoms with E-state index in [0.29, 0.717) is 6.54 Å². The van der Waals surface area contributed by atoms with Crippen molar-refractivity contribution in [3.63, 3.8) is 0 Å². The number of nitrogens with two attached hydrogens (primary N) is 1. The van der Waals surface area contributed by atoms with Gasteiger partial charge in [-0.2, -0.15) is 0 Å². The minimum atomic E-state index is 0.611. The van der Waals surface area contributed by atoms with Gasteiger partial charge in [0.05, 0.1) is 0 Å². The minimum Gasteiger partial charge on any atom is -0.457 e. The molecule has 0 aliphatic heterocycles. The number of rotatable bonds is 4. The molecule has 0 atom stereocenters. The molecule has 0 spiro atoms. The monoisotopic (exact) mass is 261 g/mol. The number of halogens is 1. The Bertz CT molecular complexity index is 540. The van der Waals surface area contributed by atoms with Gasteiger partial charge in [0, 0.05) is 5.02 Å². The highest BCUT2D eigenvalue weighted by Gasteiger charge is 2.04. The summed E-state index contributed by atoms with van der Waals surface area (Å²) >= 11 is 5.99. The standard InChI is InChI=1S/C15H16ClNO/c1-11-10-13(6-7-14(11)16)18-15-5-3-2-4-12(15)8-9-17/h2-7,10H,8-9,17H2,1H3. The van der Waals surface area contributed by atoms with Gasteiger partial charge in [0.1, 0.15) is 11.5 Å². The summed E-state index contributed by atoms with van der Waals surface area (Å²) in [5.74, 6) is 1.64. The molecule has 2 aromatic rings. The summed E-state index contributed by atoms with van der Waals surface area (Å²) in [6, 6.07) is 13.6. The minimum absolute atomic E-state index is 0.611. The smallest absolute Gasteiger partial charge is 0.130 e. The molecule has 0 heterocycles. The van der Waals surface area contributed by atoms with Crippen LogP contribution in [0, 0.1) is 6.92 Å². The third-order valence-electron chi connectivity index (χ3n) is 2.74. The van der Waals surface area contributed by atoms with Gasteiger partial charge in [0.2, 0.25) is 0 Å². The molecule has 2 nitrogen and oxygen atoms in total. The molecule has 18 heavy (non-hydrogen) atoms. The van der Waals surface area contributed by atoms with Crippen LogP contribution >= 0.6 is 11.6 Å². The molecule has 2 N–H and O–H groups in total. The summed E-state index contributed by atoms with van der Waals surface area (Å²) in [5, 5.41) is 0.748. The number of hydrogen-bond acceptors (Lipinski definition) is 2. The molecule has 94 valence electrons. The van der Waals surface area contributed by atoms with Gasteiger partial charge in [-0.25, -0.2) is 0 Å². The fourth-order valence-corrected chi connectivity index (χ4v) is 1.89. The molecule has 0 aliphatic carbocycles. The molecular weight excluding hydrogens is 246 g/mol. The highest BCUT2D eigenvalue weighted by molar-refractivity contribution is 6.31. The lowest BCUT2D eigenvalue weighted by Crippen LogP contribution is -2.03. The van der Waals surface area contributed by atoms with E-state index in [1.165, 1.54) is 0 Å². The molecular formula is C15H16ClNO. The molecule has 2 aromatic carbocycles. The number of hydrogen-bond donors (Lipinski definition) is 1. The van der Waals surface area contributed by atoms with Crippen LogP contribution in [0.15, 0.2) is 42.5 Å². The van der Waals surface area contributed by atoms with Crippen molar-refractivity contribution in [2.75, 3.05) is 6.54 Å². The molecule has 0 aromatic heterocycles. The molecule has 0 fully saturated rings. The maximum atomic E-state index is 5.99. The molecule has 3 heteroatoms. The van der Waals surface area contributed by atoms with E-state index in [9.17, 15) is 0 Å². The van der Waals surface area contributed by atoms with Gasteiger partial charge < -0.3 is 10.5 Å². The second-order valence-corrected chi connectivity index (χ2v) is 4.57. The lowest BCUT2D eigenvalue weighted by Gasteiger charge is -2.11. The van der Waals surface area contributed by atoms with Crippen molar-refractivity contribution in [1.29, 1.82) is 0 Å². The van der Waals surface area contributed by atoms with E-state index >= 15 is 0 Å². The van der Waals surface area contributed by atoms with Crippen LogP contribution in [0.4, 0.5) is 0 Å². The van der Waals surface area contributed by atoms with Crippen molar-refractivity contribution >= 4 is 11.6 Å². The first kappa shape index (κ1) is 12.9. The van der Waals surface area contributed by atoms with Crippen LogP contribution in [0.5, 0.6) is 11.5 Å². The average Bonchev–Trinajstić information content (AvgIpc) is 2.37. The molecule has 0 unspecified atom stereocenters. The quantitative estimate of drug-likeness (QED) is 0.905. The molecule has 0 saturated heterocycles. The summed E-state index contributed by atoms with van der Waals surface area (Å²) < 4.78 is 5.88. The summed E-state index contributed by atoms with van der Waals surface area (Å²) in [7, 11) is 0. The highest BCUT2D eigenvalue weighted by atomic mass is 35.5. The Labute approximate surface area is 112 Å². The molecule has 0 radical (unpaired) electrons. The van der Waals surface area contributed by atoms with Crippen molar-refractivity contribution in [2.24, 2.45) is 5.73 Å². The molecule has 2 rings (SSSR count). The number of aryl methyl sites for hydroxylation is 1. The second-order valence-electron chi connectivity index (χ2n) is 4.16. The van der Waals surface area contributed by atoms with E-state index in [4.69, 9.17) is 22.1 Å². The van der Waals surface area contributed by atoms with Crippen LogP contribution in [-0.2, 0) is 6.42 Å². The normalized spacial score (nSPS) is 10.4. The Morgan fingerprint density at radius 1 is 1.17 bits per heavy atom. The van der Waals surface area contributed by atoms with E-state index in [2.05, 4.69) is 0 Å². The number of para-hydroxylation sites is 1. The summed E-state index contributed by atoms with van der Waals surface area (Å²) in [6.07, 6.45) is 0.808. The Balaban J connectivity index is 2.25. The lowest BCUT2D eigenvalue weighted by molar-refractivity contribution is 0.476. The Kier molecular flexibility index (Phi) is 4.24. The van der Waals surface area contributed by atoms with E-state index in [1.807, 2.05) is 49.4 Å². The molecule has 0 amide bonds. The maximum absolute atomic E-state index is 5.99. The van der Waals surface area contributed by atoms with Crippen LogP contribution < -0.4 is 10.5 Å². The van der Waals surface area contributed by atoms with E-state index in [-0.39, 0.29) is 0 Å². The third-order valence-corrected chi connectivity index (χ3v) is 3.17. The van der Waals surface area contributed by atoms with Gasteiger partial charge in [-0.05, 0) is 55.3 Å². The molecule has 0 aliphatic rings. The topological polar surface area (TPSA) is 35.2 Å². The van der Waals surface area contributed by atoms with Gasteiger partial charge in [-0.1, -0.05) is 29.8 Å². The van der Waals surface area contributed by atoms with Gasteiger partial charge in [-0.3, -0.25) is 0 Å². The first-order valence-corrected chi connectivity index (χ1v) is 6.30. The zero-order valence-electron chi connectivity index (χ0n) is 10.3. The van der Waals surface area contributed by atoms with Crippen LogP contribution in [0.25, 0.3) is 0 Å². The Hall–Kier alpha value is -1.51. The van der Waals surface area contributed by atoms with Crippen LogP contribution in [0.1, 0.15) is 11.1 Å². The van der Waals surface area contributed by atoms with Gasteiger partial charge in [-0.15, -0.1) is 0 Å². The van der Waals surface area contributed by atoms with Crippen LogP contribution in [0.3, 0.4) is 0 Å². The predicted octanol–water partition coefficient (Wildman–Crippen LogP) is 3.94. The van der Waals surface area contributed by atoms with E-state index < -0.39 is 0 Å². The van der Waals surface area contributed by atoms with Crippen molar-refractivity contribution < 1.29 is 4.74 Å². The number of ether oxygens (including phenoxy) is 1. The van der Waals surface area contributed by atoms with Crippen molar-refractivity contribution in [2.45, 2.75) is 13.3 Å². The second kappa shape index (κ2) is 5.89. The van der Waals surface area contributed by atoms with Gasteiger partial charge >= 0.3 is 0 Å². The van der Waals surface area contributed by atoms with Crippen LogP contribution in [0.2, 0.25) is 5.02 Å². The third kappa shape index (κ3) is 3.03. The van der Waals surface area contributed by atoms with Crippen molar-refractivity contribution in [3.8, 4) is 11.5 Å². The summed E-state index contributed by atoms with van der Waals surface area (Å²) in [6.45, 7) is 2.57. The van der Waals surface area contributed by atoms with Crippen molar-refractivity contribution in [3.05, 3.63) is 58.6 Å².